The number of hydrogen-bond acceptors (Lipinski definition) is 2. The molecule has 1 atom stereocenters. The van der Waals surface area contributed by atoms with Gasteiger partial charge in [0.15, 0.2) is 0 Å². The van der Waals surface area contributed by atoms with Gasteiger partial charge < -0.3 is 10.0 Å². The van der Waals surface area contributed by atoms with Crippen LogP contribution in [0, 0.1) is 0 Å². The molecule has 0 amide bonds. The van der Waals surface area contributed by atoms with E-state index in [1.54, 1.807) is 6.07 Å². The van der Waals surface area contributed by atoms with Crippen LogP contribution in [0.25, 0.3) is 0 Å². The van der Waals surface area contributed by atoms with Crippen molar-refractivity contribution in [1.82, 2.24) is 4.90 Å². The van der Waals surface area contributed by atoms with Crippen molar-refractivity contribution < 1.29 is 5.11 Å². The van der Waals surface area contributed by atoms with E-state index in [0.29, 0.717) is 11.7 Å². The summed E-state index contributed by atoms with van der Waals surface area (Å²) in [6.45, 7) is 3.29. The Hall–Kier alpha value is -1.02. The van der Waals surface area contributed by atoms with Crippen molar-refractivity contribution in [1.29, 1.82) is 0 Å². The Bertz CT molecular complexity index is 296. The van der Waals surface area contributed by atoms with E-state index in [0.717, 1.165) is 19.4 Å². The van der Waals surface area contributed by atoms with Gasteiger partial charge in [-0.3, -0.25) is 0 Å². The molecular weight excluding hydrogens is 186 g/mol. The van der Waals surface area contributed by atoms with Gasteiger partial charge in [-0.05, 0) is 57.1 Å². The number of phenolic OH excluding ortho intramolecular Hbond substituents is 1. The summed E-state index contributed by atoms with van der Waals surface area (Å²) in [4.78, 5) is 2.20. The molecular formula is C13H21NO. The third-order valence-corrected chi connectivity index (χ3v) is 2.76. The molecule has 0 bridgehead atoms. The van der Waals surface area contributed by atoms with Crippen LogP contribution >= 0.6 is 0 Å². The van der Waals surface area contributed by atoms with Gasteiger partial charge in [-0.15, -0.1) is 0 Å². The lowest BCUT2D eigenvalue weighted by atomic mass is 9.93. The predicted octanol–water partition coefficient (Wildman–Crippen LogP) is 2.84. The molecule has 0 spiro atoms. The first-order chi connectivity index (χ1) is 7.13. The first-order valence-corrected chi connectivity index (χ1v) is 5.57. The molecule has 0 radical (unpaired) electrons. The fourth-order valence-corrected chi connectivity index (χ4v) is 1.80. The second kappa shape index (κ2) is 5.76. The molecule has 0 saturated carbocycles. The average Bonchev–Trinajstić information content (AvgIpc) is 2.18. The van der Waals surface area contributed by atoms with Gasteiger partial charge in [-0.2, -0.15) is 0 Å². The minimum absolute atomic E-state index is 0.371. The number of phenols is 1. The SMILES string of the molecule is CC[C@H](CCN(C)C)c1cccc(O)c1. The Morgan fingerprint density at radius 3 is 2.60 bits per heavy atom. The van der Waals surface area contributed by atoms with Crippen molar-refractivity contribution in [3.63, 3.8) is 0 Å². The summed E-state index contributed by atoms with van der Waals surface area (Å²) in [5, 5.41) is 9.42. The summed E-state index contributed by atoms with van der Waals surface area (Å²) in [5.74, 6) is 0.926. The smallest absolute Gasteiger partial charge is 0.115 e. The van der Waals surface area contributed by atoms with E-state index in [1.807, 2.05) is 12.1 Å². The minimum Gasteiger partial charge on any atom is -0.508 e. The molecule has 2 heteroatoms. The average molecular weight is 207 g/mol. The molecule has 1 aromatic carbocycles. The van der Waals surface area contributed by atoms with Gasteiger partial charge in [0.05, 0.1) is 0 Å². The second-order valence-electron chi connectivity index (χ2n) is 4.29. The maximum Gasteiger partial charge on any atom is 0.115 e. The highest BCUT2D eigenvalue weighted by molar-refractivity contribution is 5.29. The van der Waals surface area contributed by atoms with Crippen molar-refractivity contribution in [2.75, 3.05) is 20.6 Å². The molecule has 84 valence electrons. The summed E-state index contributed by atoms with van der Waals surface area (Å²) in [7, 11) is 4.18. The summed E-state index contributed by atoms with van der Waals surface area (Å²) < 4.78 is 0. The number of rotatable bonds is 5. The van der Waals surface area contributed by atoms with E-state index >= 15 is 0 Å². The standard InChI is InChI=1S/C13H21NO/c1-4-11(8-9-14(2)3)12-6-5-7-13(15)10-12/h5-7,10-11,15H,4,8-9H2,1-3H3/t11-/m1/s1. The van der Waals surface area contributed by atoms with E-state index in [9.17, 15) is 5.11 Å². The van der Waals surface area contributed by atoms with Crippen LogP contribution < -0.4 is 0 Å². The van der Waals surface area contributed by atoms with E-state index in [1.165, 1.54) is 5.56 Å². The van der Waals surface area contributed by atoms with Gasteiger partial charge >= 0.3 is 0 Å². The Balaban J connectivity index is 2.65. The van der Waals surface area contributed by atoms with Crippen LogP contribution in [-0.4, -0.2) is 30.6 Å². The van der Waals surface area contributed by atoms with Gasteiger partial charge in [0.1, 0.15) is 5.75 Å². The molecule has 0 heterocycles. The van der Waals surface area contributed by atoms with E-state index in [2.05, 4.69) is 32.0 Å². The molecule has 2 nitrogen and oxygen atoms in total. The maximum absolute atomic E-state index is 9.42. The van der Waals surface area contributed by atoms with Gasteiger partial charge in [0.2, 0.25) is 0 Å². The van der Waals surface area contributed by atoms with Crippen LogP contribution in [0.5, 0.6) is 5.75 Å². The van der Waals surface area contributed by atoms with Crippen LogP contribution in [0.3, 0.4) is 0 Å². The highest BCUT2D eigenvalue weighted by atomic mass is 16.3. The first kappa shape index (κ1) is 12.1. The molecule has 0 fully saturated rings. The van der Waals surface area contributed by atoms with Crippen molar-refractivity contribution in [2.45, 2.75) is 25.7 Å². The zero-order valence-corrected chi connectivity index (χ0v) is 9.90. The molecule has 1 rings (SSSR count). The highest BCUT2D eigenvalue weighted by Crippen LogP contribution is 2.25. The third-order valence-electron chi connectivity index (χ3n) is 2.76. The molecule has 1 N–H and O–H groups in total. The quantitative estimate of drug-likeness (QED) is 0.802. The van der Waals surface area contributed by atoms with E-state index in [-0.39, 0.29) is 0 Å². The Labute approximate surface area is 92.5 Å². The van der Waals surface area contributed by atoms with Crippen LogP contribution in [0.4, 0.5) is 0 Å². The normalized spacial score (nSPS) is 13.1. The van der Waals surface area contributed by atoms with Gasteiger partial charge in [0, 0.05) is 0 Å². The van der Waals surface area contributed by atoms with Gasteiger partial charge in [-0.1, -0.05) is 19.1 Å². The predicted molar refractivity (Wildman–Crippen MR) is 64.3 cm³/mol. The van der Waals surface area contributed by atoms with Crippen molar-refractivity contribution >= 4 is 0 Å². The number of benzene rings is 1. The van der Waals surface area contributed by atoms with E-state index < -0.39 is 0 Å². The molecule has 1 aromatic rings. The summed E-state index contributed by atoms with van der Waals surface area (Å²) in [5.41, 5.74) is 1.25. The van der Waals surface area contributed by atoms with Crippen molar-refractivity contribution in [3.05, 3.63) is 29.8 Å². The number of hydrogen-bond donors (Lipinski definition) is 1. The van der Waals surface area contributed by atoms with Crippen LogP contribution in [0.15, 0.2) is 24.3 Å². The monoisotopic (exact) mass is 207 g/mol. The largest absolute Gasteiger partial charge is 0.508 e. The highest BCUT2D eigenvalue weighted by Gasteiger charge is 2.09. The van der Waals surface area contributed by atoms with Crippen molar-refractivity contribution in [2.24, 2.45) is 0 Å². The lowest BCUT2D eigenvalue weighted by molar-refractivity contribution is 0.377. The topological polar surface area (TPSA) is 23.5 Å². The second-order valence-corrected chi connectivity index (χ2v) is 4.29. The van der Waals surface area contributed by atoms with Crippen LogP contribution in [-0.2, 0) is 0 Å². The first-order valence-electron chi connectivity index (χ1n) is 5.57. The summed E-state index contributed by atoms with van der Waals surface area (Å²) >= 11 is 0. The molecule has 0 aliphatic rings. The zero-order valence-electron chi connectivity index (χ0n) is 9.90. The minimum atomic E-state index is 0.371. The Morgan fingerprint density at radius 2 is 2.07 bits per heavy atom. The Morgan fingerprint density at radius 1 is 1.33 bits per heavy atom. The van der Waals surface area contributed by atoms with Gasteiger partial charge in [-0.25, -0.2) is 0 Å². The fourth-order valence-electron chi connectivity index (χ4n) is 1.80. The summed E-state index contributed by atoms with van der Waals surface area (Å²) in [6, 6.07) is 7.62. The zero-order chi connectivity index (χ0) is 11.3. The van der Waals surface area contributed by atoms with Crippen LogP contribution in [0.2, 0.25) is 0 Å². The fraction of sp³-hybridized carbons (Fsp3) is 0.538. The van der Waals surface area contributed by atoms with E-state index in [4.69, 9.17) is 0 Å². The molecule has 0 unspecified atom stereocenters. The molecule has 0 aromatic heterocycles. The molecule has 0 saturated heterocycles. The Kier molecular flexibility index (Phi) is 4.63. The molecule has 15 heavy (non-hydrogen) atoms. The number of nitrogens with zero attached hydrogens (tertiary/aromatic N) is 1. The summed E-state index contributed by atoms with van der Waals surface area (Å²) in [6.07, 6.45) is 2.27. The van der Waals surface area contributed by atoms with Crippen LogP contribution in [0.1, 0.15) is 31.2 Å². The van der Waals surface area contributed by atoms with Crippen molar-refractivity contribution in [3.8, 4) is 5.75 Å². The maximum atomic E-state index is 9.42. The lowest BCUT2D eigenvalue weighted by Crippen LogP contribution is -2.15. The van der Waals surface area contributed by atoms with Gasteiger partial charge in [0.25, 0.3) is 0 Å². The third kappa shape index (κ3) is 3.92. The molecule has 0 aliphatic carbocycles. The molecule has 0 aliphatic heterocycles. The number of aromatic hydroxyl groups is 1. The lowest BCUT2D eigenvalue weighted by Gasteiger charge is -2.18.